The lowest BCUT2D eigenvalue weighted by Gasteiger charge is -2.36. The number of amides is 1. The first kappa shape index (κ1) is 22.5. The zero-order valence-corrected chi connectivity index (χ0v) is 20.1. The molecule has 1 saturated heterocycles. The van der Waals surface area contributed by atoms with Gasteiger partial charge in [0, 0.05) is 49.4 Å². The van der Waals surface area contributed by atoms with Crippen molar-refractivity contribution < 1.29 is 9.53 Å². The summed E-state index contributed by atoms with van der Waals surface area (Å²) in [4.78, 5) is 28.0. The van der Waals surface area contributed by atoms with Gasteiger partial charge in [-0.2, -0.15) is 9.97 Å². The fourth-order valence-electron chi connectivity index (χ4n) is 4.95. The maximum Gasteiger partial charge on any atom is 0.318 e. The molecule has 5 rings (SSSR count). The number of hydrogen-bond acceptors (Lipinski definition) is 6. The summed E-state index contributed by atoms with van der Waals surface area (Å²) < 4.78 is 5.49. The van der Waals surface area contributed by atoms with Crippen molar-refractivity contribution in [3.63, 3.8) is 0 Å². The fraction of sp³-hybridized carbons (Fsp3) is 0.346. The van der Waals surface area contributed by atoms with E-state index in [4.69, 9.17) is 26.3 Å². The fourth-order valence-corrected chi connectivity index (χ4v) is 5.23. The normalized spacial score (nSPS) is 16.2. The number of nitrogens with zero attached hydrogens (tertiary/aromatic N) is 5. The number of benzene rings is 2. The summed E-state index contributed by atoms with van der Waals surface area (Å²) in [6.45, 7) is 7.88. The molecule has 2 aliphatic heterocycles. The Hall–Kier alpha value is -3.32. The number of fused-ring (bicyclic) bond motifs is 2. The number of methoxy groups -OCH3 is 1. The molecule has 0 radical (unpaired) electrons. The molecule has 8 heteroatoms. The van der Waals surface area contributed by atoms with E-state index in [0.29, 0.717) is 25.6 Å². The standard InChI is InChI=1S/C26H28ClN5O2/c1-3-23(33)30-13-15-31(16-14-30)25-19-9-6-12-32(17-21(19)28-26(29-25)34-2)22-11-5-8-18-7-4-10-20(27)24(18)22/h3-5,7-8,10-11H,1,6,9,12-17H2,2H3. The molecule has 176 valence electrons. The van der Waals surface area contributed by atoms with E-state index in [1.165, 1.54) is 6.08 Å². The molecule has 0 saturated carbocycles. The lowest BCUT2D eigenvalue weighted by Crippen LogP contribution is -2.49. The van der Waals surface area contributed by atoms with Crippen molar-refractivity contribution in [3.8, 4) is 6.01 Å². The molecule has 3 heterocycles. The van der Waals surface area contributed by atoms with Crippen molar-refractivity contribution in [2.45, 2.75) is 19.4 Å². The van der Waals surface area contributed by atoms with Gasteiger partial charge in [0.25, 0.3) is 0 Å². The lowest BCUT2D eigenvalue weighted by molar-refractivity contribution is -0.126. The third kappa shape index (κ3) is 4.16. The summed E-state index contributed by atoms with van der Waals surface area (Å²) in [5.74, 6) is 0.897. The molecule has 2 aromatic carbocycles. The average Bonchev–Trinajstić information content (AvgIpc) is 3.10. The molecule has 1 fully saturated rings. The van der Waals surface area contributed by atoms with Gasteiger partial charge >= 0.3 is 6.01 Å². The Morgan fingerprint density at radius 1 is 1.06 bits per heavy atom. The molecule has 0 spiro atoms. The highest BCUT2D eigenvalue weighted by molar-refractivity contribution is 6.36. The second kappa shape index (κ2) is 9.50. The summed E-state index contributed by atoms with van der Waals surface area (Å²) in [5, 5.41) is 2.95. The molecule has 0 unspecified atom stereocenters. The maximum absolute atomic E-state index is 12.0. The van der Waals surface area contributed by atoms with Gasteiger partial charge in [0.05, 0.1) is 24.4 Å². The SMILES string of the molecule is C=CC(=O)N1CCN(c2nc(OC)nc3c2CCCN(c2cccc4cccc(Cl)c24)C3)CC1. The number of carbonyl (C=O) groups excluding carboxylic acids is 1. The summed E-state index contributed by atoms with van der Waals surface area (Å²) in [6.07, 6.45) is 3.24. The largest absolute Gasteiger partial charge is 0.467 e. The van der Waals surface area contributed by atoms with Gasteiger partial charge in [-0.1, -0.05) is 42.4 Å². The van der Waals surface area contributed by atoms with Gasteiger partial charge in [-0.3, -0.25) is 4.79 Å². The van der Waals surface area contributed by atoms with Crippen LogP contribution in [0.3, 0.4) is 0 Å². The van der Waals surface area contributed by atoms with E-state index in [9.17, 15) is 4.79 Å². The van der Waals surface area contributed by atoms with E-state index < -0.39 is 0 Å². The second-order valence-electron chi connectivity index (χ2n) is 8.62. The molecule has 1 aromatic heterocycles. The van der Waals surface area contributed by atoms with Gasteiger partial charge in [-0.15, -0.1) is 0 Å². The number of rotatable bonds is 4. The van der Waals surface area contributed by atoms with Crippen LogP contribution in [0.5, 0.6) is 6.01 Å². The van der Waals surface area contributed by atoms with Gasteiger partial charge in [0.1, 0.15) is 5.82 Å². The summed E-state index contributed by atoms with van der Waals surface area (Å²) >= 11 is 6.63. The summed E-state index contributed by atoms with van der Waals surface area (Å²) in [5.41, 5.74) is 3.26. The smallest absolute Gasteiger partial charge is 0.318 e. The number of hydrogen-bond donors (Lipinski definition) is 0. The molecule has 2 aliphatic rings. The molecule has 1 amide bonds. The zero-order valence-electron chi connectivity index (χ0n) is 19.3. The van der Waals surface area contributed by atoms with Crippen LogP contribution in [0.25, 0.3) is 10.8 Å². The predicted octanol–water partition coefficient (Wildman–Crippen LogP) is 4.08. The summed E-state index contributed by atoms with van der Waals surface area (Å²) in [7, 11) is 1.60. The van der Waals surface area contributed by atoms with Gasteiger partial charge in [0.15, 0.2) is 0 Å². The van der Waals surface area contributed by atoms with Crippen molar-refractivity contribution in [1.29, 1.82) is 0 Å². The van der Waals surface area contributed by atoms with E-state index in [1.807, 2.05) is 17.0 Å². The first-order valence-corrected chi connectivity index (χ1v) is 12.0. The Morgan fingerprint density at radius 3 is 2.56 bits per heavy atom. The molecule has 3 aromatic rings. The van der Waals surface area contributed by atoms with Gasteiger partial charge in [0.2, 0.25) is 5.91 Å². The van der Waals surface area contributed by atoms with E-state index in [1.54, 1.807) is 7.11 Å². The predicted molar refractivity (Wildman–Crippen MR) is 136 cm³/mol. The van der Waals surface area contributed by atoms with Crippen LogP contribution in [0.15, 0.2) is 49.1 Å². The van der Waals surface area contributed by atoms with Crippen molar-refractivity contribution in [2.75, 3.05) is 49.6 Å². The molecule has 34 heavy (non-hydrogen) atoms. The maximum atomic E-state index is 12.0. The Bertz CT molecular complexity index is 1230. The van der Waals surface area contributed by atoms with E-state index >= 15 is 0 Å². The van der Waals surface area contributed by atoms with Crippen LogP contribution in [-0.4, -0.2) is 60.6 Å². The van der Waals surface area contributed by atoms with Crippen LogP contribution in [0.2, 0.25) is 5.02 Å². The van der Waals surface area contributed by atoms with Crippen LogP contribution in [0, 0.1) is 0 Å². The van der Waals surface area contributed by atoms with Gasteiger partial charge in [-0.05, 0) is 36.4 Å². The van der Waals surface area contributed by atoms with Crippen LogP contribution in [0.4, 0.5) is 11.5 Å². The Morgan fingerprint density at radius 2 is 1.82 bits per heavy atom. The minimum absolute atomic E-state index is 0.0249. The highest BCUT2D eigenvalue weighted by Crippen LogP contribution is 2.36. The molecular weight excluding hydrogens is 450 g/mol. The number of carbonyl (C=O) groups is 1. The minimum Gasteiger partial charge on any atom is -0.467 e. The van der Waals surface area contributed by atoms with Crippen LogP contribution >= 0.6 is 11.6 Å². The van der Waals surface area contributed by atoms with Crippen molar-refractivity contribution in [1.82, 2.24) is 14.9 Å². The molecule has 0 bridgehead atoms. The molecular formula is C26H28ClN5O2. The van der Waals surface area contributed by atoms with Crippen LogP contribution in [0.1, 0.15) is 17.7 Å². The van der Waals surface area contributed by atoms with Gasteiger partial charge < -0.3 is 19.4 Å². The Kier molecular flexibility index (Phi) is 6.28. The third-order valence-electron chi connectivity index (χ3n) is 6.67. The van der Waals surface area contributed by atoms with Crippen LogP contribution in [-0.2, 0) is 17.8 Å². The van der Waals surface area contributed by atoms with E-state index in [0.717, 1.165) is 71.0 Å². The first-order chi connectivity index (χ1) is 16.6. The number of anilines is 2. The zero-order chi connectivity index (χ0) is 23.7. The third-order valence-corrected chi connectivity index (χ3v) is 6.98. The highest BCUT2D eigenvalue weighted by Gasteiger charge is 2.27. The van der Waals surface area contributed by atoms with E-state index in [2.05, 4.69) is 40.6 Å². The van der Waals surface area contributed by atoms with Crippen molar-refractivity contribution >= 4 is 39.8 Å². The van der Waals surface area contributed by atoms with Gasteiger partial charge in [-0.25, -0.2) is 0 Å². The molecule has 0 aliphatic carbocycles. The number of halogens is 1. The van der Waals surface area contributed by atoms with E-state index in [-0.39, 0.29) is 5.91 Å². The van der Waals surface area contributed by atoms with Crippen molar-refractivity contribution in [2.24, 2.45) is 0 Å². The number of ether oxygens (including phenoxy) is 1. The quantitative estimate of drug-likeness (QED) is 0.528. The molecule has 7 nitrogen and oxygen atoms in total. The monoisotopic (exact) mass is 477 g/mol. The second-order valence-corrected chi connectivity index (χ2v) is 9.02. The molecule has 0 N–H and O–H groups in total. The number of aromatic nitrogens is 2. The average molecular weight is 478 g/mol. The minimum atomic E-state index is -0.0249. The Labute approximate surface area is 204 Å². The summed E-state index contributed by atoms with van der Waals surface area (Å²) in [6, 6.07) is 12.7. The lowest BCUT2D eigenvalue weighted by atomic mass is 10.1. The number of piperazine rings is 1. The first-order valence-electron chi connectivity index (χ1n) is 11.6. The topological polar surface area (TPSA) is 61.8 Å². The highest BCUT2D eigenvalue weighted by atomic mass is 35.5. The molecule has 0 atom stereocenters. The Balaban J connectivity index is 1.49. The van der Waals surface area contributed by atoms with Crippen molar-refractivity contribution in [3.05, 3.63) is 65.3 Å². The van der Waals surface area contributed by atoms with Crippen LogP contribution < -0.4 is 14.5 Å².